The summed E-state index contributed by atoms with van der Waals surface area (Å²) in [5, 5.41) is 20.8. The summed E-state index contributed by atoms with van der Waals surface area (Å²) >= 11 is 11.4. The molecule has 0 unspecified atom stereocenters. The van der Waals surface area contributed by atoms with E-state index in [9.17, 15) is 20.2 Å². The molecule has 0 aliphatic rings. The Hall–Kier alpha value is -2.20. The molecule has 0 saturated carbocycles. The molecule has 0 aromatic carbocycles. The molecule has 0 atom stereocenters. The van der Waals surface area contributed by atoms with Crippen LogP contribution in [0.2, 0.25) is 10.6 Å². The highest BCUT2D eigenvalue weighted by Gasteiger charge is 2.21. The van der Waals surface area contributed by atoms with Crippen LogP contribution in [-0.4, -0.2) is 28.9 Å². The monoisotopic (exact) mass is 306 g/mol. The van der Waals surface area contributed by atoms with Crippen molar-refractivity contribution in [1.82, 2.24) is 19.1 Å². The molecule has 0 radical (unpaired) electrons. The van der Waals surface area contributed by atoms with Gasteiger partial charge in [0.1, 0.15) is 19.1 Å². The zero-order valence-corrected chi connectivity index (χ0v) is 10.4. The number of aromatic nitrogens is 4. The fourth-order valence-corrected chi connectivity index (χ4v) is 1.68. The SMILES string of the molecule is O=[N+]([O-])c1cn(Cn2cc([N+](=O)[O-])nc2Cl)c(Cl)n1. The molecule has 0 saturated heterocycles. The van der Waals surface area contributed by atoms with Crippen molar-refractivity contribution in [3.8, 4) is 0 Å². The summed E-state index contributed by atoms with van der Waals surface area (Å²) in [6.45, 7) is -0.0840. The number of hydrogen-bond donors (Lipinski definition) is 0. The van der Waals surface area contributed by atoms with E-state index in [-0.39, 0.29) is 17.2 Å². The number of rotatable bonds is 4. The lowest BCUT2D eigenvalue weighted by atomic mass is 10.7. The number of imidazole rings is 2. The van der Waals surface area contributed by atoms with Gasteiger partial charge in [-0.05, 0) is 43.0 Å². The summed E-state index contributed by atoms with van der Waals surface area (Å²) < 4.78 is 2.41. The van der Waals surface area contributed by atoms with Gasteiger partial charge in [-0.25, -0.2) is 0 Å². The average molecular weight is 307 g/mol. The fourth-order valence-electron chi connectivity index (χ4n) is 1.30. The van der Waals surface area contributed by atoms with E-state index < -0.39 is 21.5 Å². The zero-order chi connectivity index (χ0) is 14.2. The molecule has 0 N–H and O–H groups in total. The molecule has 10 nitrogen and oxygen atoms in total. The van der Waals surface area contributed by atoms with Crippen LogP contribution in [0, 0.1) is 20.2 Å². The van der Waals surface area contributed by atoms with Crippen LogP contribution in [-0.2, 0) is 6.67 Å². The molecule has 2 heterocycles. The number of nitrogens with zero attached hydrogens (tertiary/aromatic N) is 6. The Morgan fingerprint density at radius 3 is 1.63 bits per heavy atom. The summed E-state index contributed by atoms with van der Waals surface area (Å²) in [5.41, 5.74) is 0. The molecule has 2 rings (SSSR count). The Kier molecular flexibility index (Phi) is 3.36. The number of nitro groups is 2. The van der Waals surface area contributed by atoms with Crippen molar-refractivity contribution in [2.45, 2.75) is 6.67 Å². The standard InChI is InChI=1S/C7H4Cl2N6O4/c8-6-10-4(14(16)17)1-12(6)3-13-2-5(15(18)19)11-7(13)9/h1-2H,3H2. The van der Waals surface area contributed by atoms with Gasteiger partial charge < -0.3 is 20.2 Å². The smallest absolute Gasteiger partial charge is 0.358 e. The molecule has 0 amide bonds. The lowest BCUT2D eigenvalue weighted by Gasteiger charge is -2.01. The van der Waals surface area contributed by atoms with Gasteiger partial charge >= 0.3 is 22.2 Å². The van der Waals surface area contributed by atoms with Gasteiger partial charge in [-0.3, -0.25) is 9.13 Å². The summed E-state index contributed by atoms with van der Waals surface area (Å²) in [6.07, 6.45) is 2.18. The predicted octanol–water partition coefficient (Wildman–Crippen LogP) is 1.71. The van der Waals surface area contributed by atoms with Gasteiger partial charge in [0, 0.05) is 0 Å². The van der Waals surface area contributed by atoms with Crippen LogP contribution in [0.3, 0.4) is 0 Å². The van der Waals surface area contributed by atoms with Crippen molar-refractivity contribution >= 4 is 34.8 Å². The lowest BCUT2D eigenvalue weighted by Crippen LogP contribution is -2.06. The highest BCUT2D eigenvalue weighted by Crippen LogP contribution is 2.19. The third-order valence-corrected chi connectivity index (χ3v) is 2.71. The molecule has 0 aliphatic heterocycles. The minimum absolute atomic E-state index is 0.0840. The summed E-state index contributed by atoms with van der Waals surface area (Å²) in [5.74, 6) is -0.869. The van der Waals surface area contributed by atoms with E-state index in [4.69, 9.17) is 23.2 Å². The third-order valence-electron chi connectivity index (χ3n) is 2.11. The molecule has 0 aliphatic carbocycles. The molecule has 19 heavy (non-hydrogen) atoms. The molecular weight excluding hydrogens is 303 g/mol. The number of halogens is 2. The molecule has 0 spiro atoms. The van der Waals surface area contributed by atoms with Crippen molar-refractivity contribution in [2.24, 2.45) is 0 Å². The zero-order valence-electron chi connectivity index (χ0n) is 8.93. The normalized spacial score (nSPS) is 10.6. The van der Waals surface area contributed by atoms with E-state index in [1.54, 1.807) is 0 Å². The van der Waals surface area contributed by atoms with Crippen molar-refractivity contribution in [1.29, 1.82) is 0 Å². The maximum atomic E-state index is 10.5. The molecule has 0 bridgehead atoms. The van der Waals surface area contributed by atoms with E-state index in [0.29, 0.717) is 0 Å². The number of hydrogen-bond acceptors (Lipinski definition) is 6. The minimum atomic E-state index is -0.708. The molecule has 2 aromatic rings. The van der Waals surface area contributed by atoms with Crippen LogP contribution in [0.1, 0.15) is 0 Å². The Morgan fingerprint density at radius 2 is 1.37 bits per heavy atom. The van der Waals surface area contributed by atoms with Gasteiger partial charge in [0.2, 0.25) is 0 Å². The summed E-state index contributed by atoms with van der Waals surface area (Å²) in [6, 6.07) is 0. The molecule has 12 heteroatoms. The van der Waals surface area contributed by atoms with Gasteiger partial charge in [-0.2, -0.15) is 0 Å². The van der Waals surface area contributed by atoms with Crippen molar-refractivity contribution in [3.05, 3.63) is 43.2 Å². The second kappa shape index (κ2) is 4.82. The highest BCUT2D eigenvalue weighted by atomic mass is 35.5. The quantitative estimate of drug-likeness (QED) is 0.626. The van der Waals surface area contributed by atoms with Crippen LogP contribution in [0.5, 0.6) is 0 Å². The fraction of sp³-hybridized carbons (Fsp3) is 0.143. The molecule has 2 aromatic heterocycles. The van der Waals surface area contributed by atoms with Crippen LogP contribution >= 0.6 is 23.2 Å². The average Bonchev–Trinajstić information content (AvgIpc) is 2.85. The molecule has 0 fully saturated rings. The van der Waals surface area contributed by atoms with Crippen LogP contribution in [0.25, 0.3) is 0 Å². The van der Waals surface area contributed by atoms with Crippen molar-refractivity contribution in [3.63, 3.8) is 0 Å². The minimum Gasteiger partial charge on any atom is -0.358 e. The summed E-state index contributed by atoms with van der Waals surface area (Å²) in [4.78, 5) is 26.6. The highest BCUT2D eigenvalue weighted by molar-refractivity contribution is 6.29. The molecular formula is C7H4Cl2N6O4. The largest absolute Gasteiger partial charge is 0.383 e. The second-order valence-electron chi connectivity index (χ2n) is 3.33. The first kappa shape index (κ1) is 13.2. The van der Waals surface area contributed by atoms with Gasteiger partial charge in [-0.15, -0.1) is 0 Å². The Balaban J connectivity index is 2.30. The first-order valence-electron chi connectivity index (χ1n) is 4.62. The van der Waals surface area contributed by atoms with E-state index in [1.165, 1.54) is 9.13 Å². The topological polar surface area (TPSA) is 122 Å². The Bertz CT molecular complexity index is 608. The van der Waals surface area contributed by atoms with Gasteiger partial charge in [0.05, 0.1) is 0 Å². The molecule has 100 valence electrons. The second-order valence-corrected chi connectivity index (χ2v) is 4.01. The van der Waals surface area contributed by atoms with Gasteiger partial charge in [-0.1, -0.05) is 0 Å². The predicted molar refractivity (Wildman–Crippen MR) is 63.2 cm³/mol. The third kappa shape index (κ3) is 2.63. The van der Waals surface area contributed by atoms with Crippen molar-refractivity contribution < 1.29 is 9.85 Å². The first-order valence-corrected chi connectivity index (χ1v) is 5.38. The maximum absolute atomic E-state index is 10.5. The van der Waals surface area contributed by atoms with E-state index in [0.717, 1.165) is 12.4 Å². The van der Waals surface area contributed by atoms with Crippen LogP contribution in [0.15, 0.2) is 12.4 Å². The van der Waals surface area contributed by atoms with Gasteiger partial charge in [0.25, 0.3) is 0 Å². The maximum Gasteiger partial charge on any atom is 0.383 e. The van der Waals surface area contributed by atoms with E-state index in [1.807, 2.05) is 0 Å². The first-order chi connectivity index (χ1) is 8.88. The van der Waals surface area contributed by atoms with Crippen LogP contribution < -0.4 is 0 Å². The van der Waals surface area contributed by atoms with Gasteiger partial charge in [0.15, 0.2) is 0 Å². The Morgan fingerprint density at radius 1 is 1.00 bits per heavy atom. The van der Waals surface area contributed by atoms with E-state index in [2.05, 4.69) is 9.97 Å². The summed E-state index contributed by atoms with van der Waals surface area (Å²) in [7, 11) is 0. The van der Waals surface area contributed by atoms with E-state index >= 15 is 0 Å². The Labute approximate surface area is 114 Å². The van der Waals surface area contributed by atoms with Crippen molar-refractivity contribution in [2.75, 3.05) is 0 Å². The van der Waals surface area contributed by atoms with Crippen LogP contribution in [0.4, 0.5) is 11.6 Å². The lowest BCUT2D eigenvalue weighted by molar-refractivity contribution is -0.389.